The molecule has 0 amide bonds. The van der Waals surface area contributed by atoms with Crippen molar-refractivity contribution in [3.8, 4) is 5.75 Å². The van der Waals surface area contributed by atoms with Crippen molar-refractivity contribution < 1.29 is 4.74 Å². The largest absolute Gasteiger partial charge is 0.497 e. The molecule has 0 saturated carbocycles. The van der Waals surface area contributed by atoms with E-state index in [0.717, 1.165) is 27.4 Å². The number of aromatic nitrogens is 3. The maximum atomic E-state index is 5.22. The Balaban J connectivity index is 1.84. The lowest BCUT2D eigenvalue weighted by Gasteiger charge is -2.08. The van der Waals surface area contributed by atoms with Gasteiger partial charge in [0.05, 0.1) is 7.11 Å². The SMILES string of the molecule is COc1cccc(CNc2nc(Br)cn3ccnc23)c1. The Morgan fingerprint density at radius 3 is 3.15 bits per heavy atom. The predicted octanol–water partition coefficient (Wildman–Crippen LogP) is 3.11. The van der Waals surface area contributed by atoms with Gasteiger partial charge in [0.25, 0.3) is 0 Å². The molecule has 1 N–H and O–H groups in total. The van der Waals surface area contributed by atoms with E-state index in [1.807, 2.05) is 41.1 Å². The van der Waals surface area contributed by atoms with Gasteiger partial charge in [0, 0.05) is 25.1 Å². The normalized spacial score (nSPS) is 10.7. The van der Waals surface area contributed by atoms with Gasteiger partial charge in [-0.2, -0.15) is 0 Å². The summed E-state index contributed by atoms with van der Waals surface area (Å²) in [6.45, 7) is 0.656. The zero-order valence-electron chi connectivity index (χ0n) is 10.9. The van der Waals surface area contributed by atoms with E-state index in [1.54, 1.807) is 13.3 Å². The molecule has 0 unspecified atom stereocenters. The highest BCUT2D eigenvalue weighted by molar-refractivity contribution is 9.10. The van der Waals surface area contributed by atoms with Crippen molar-refractivity contribution in [3.63, 3.8) is 0 Å². The Morgan fingerprint density at radius 2 is 2.30 bits per heavy atom. The molecule has 1 aromatic carbocycles. The zero-order chi connectivity index (χ0) is 13.9. The van der Waals surface area contributed by atoms with Crippen molar-refractivity contribution in [2.45, 2.75) is 6.54 Å². The summed E-state index contributed by atoms with van der Waals surface area (Å²) in [5.41, 5.74) is 1.92. The summed E-state index contributed by atoms with van der Waals surface area (Å²) in [5, 5.41) is 3.30. The number of fused-ring (bicyclic) bond motifs is 1. The number of rotatable bonds is 4. The van der Waals surface area contributed by atoms with Gasteiger partial charge in [-0.15, -0.1) is 0 Å². The summed E-state index contributed by atoms with van der Waals surface area (Å²) in [7, 11) is 1.66. The highest BCUT2D eigenvalue weighted by atomic mass is 79.9. The van der Waals surface area contributed by atoms with Gasteiger partial charge in [-0.3, -0.25) is 0 Å². The number of benzene rings is 1. The second kappa shape index (κ2) is 5.50. The number of imidazole rings is 1. The van der Waals surface area contributed by atoms with E-state index in [1.165, 1.54) is 0 Å². The van der Waals surface area contributed by atoms with Gasteiger partial charge in [-0.25, -0.2) is 9.97 Å². The van der Waals surface area contributed by atoms with Crippen molar-refractivity contribution in [3.05, 3.63) is 53.0 Å². The summed E-state index contributed by atoms with van der Waals surface area (Å²) < 4.78 is 7.90. The van der Waals surface area contributed by atoms with E-state index in [2.05, 4.69) is 31.2 Å². The molecule has 0 aliphatic heterocycles. The third kappa shape index (κ3) is 2.60. The molecule has 0 aliphatic rings. The molecular weight excluding hydrogens is 320 g/mol. The minimum absolute atomic E-state index is 0.656. The number of halogens is 1. The van der Waals surface area contributed by atoms with Crippen LogP contribution >= 0.6 is 15.9 Å². The van der Waals surface area contributed by atoms with Crippen molar-refractivity contribution in [1.82, 2.24) is 14.4 Å². The molecule has 2 heterocycles. The fraction of sp³-hybridized carbons (Fsp3) is 0.143. The number of anilines is 1. The molecule has 0 aliphatic carbocycles. The van der Waals surface area contributed by atoms with Crippen LogP contribution in [0.1, 0.15) is 5.56 Å². The van der Waals surface area contributed by atoms with Crippen LogP contribution in [0.25, 0.3) is 5.65 Å². The lowest BCUT2D eigenvalue weighted by atomic mass is 10.2. The van der Waals surface area contributed by atoms with Crippen LogP contribution in [0.4, 0.5) is 5.82 Å². The lowest BCUT2D eigenvalue weighted by Crippen LogP contribution is -2.04. The second-order valence-corrected chi connectivity index (χ2v) is 5.09. The van der Waals surface area contributed by atoms with Gasteiger partial charge in [0.1, 0.15) is 10.4 Å². The van der Waals surface area contributed by atoms with Crippen molar-refractivity contribution >= 4 is 27.4 Å². The molecule has 0 saturated heterocycles. The molecule has 3 aromatic rings. The standard InChI is InChI=1S/C14H13BrN4O/c1-20-11-4-2-3-10(7-11)8-17-13-14-16-5-6-19(14)9-12(15)18-13/h2-7,9H,8H2,1H3,(H,17,18). The molecule has 2 aromatic heterocycles. The summed E-state index contributed by atoms with van der Waals surface area (Å²) >= 11 is 3.40. The van der Waals surface area contributed by atoms with E-state index in [9.17, 15) is 0 Å². The van der Waals surface area contributed by atoms with Crippen LogP contribution in [0.3, 0.4) is 0 Å². The number of hydrogen-bond acceptors (Lipinski definition) is 4. The monoisotopic (exact) mass is 332 g/mol. The summed E-state index contributed by atoms with van der Waals surface area (Å²) in [6, 6.07) is 7.92. The molecular formula is C14H13BrN4O. The van der Waals surface area contributed by atoms with E-state index >= 15 is 0 Å². The van der Waals surface area contributed by atoms with Crippen LogP contribution in [0, 0.1) is 0 Å². The number of nitrogens with zero attached hydrogens (tertiary/aromatic N) is 3. The average Bonchev–Trinajstić information content (AvgIpc) is 2.93. The topological polar surface area (TPSA) is 51.5 Å². The van der Waals surface area contributed by atoms with Gasteiger partial charge in [-0.05, 0) is 33.6 Å². The fourth-order valence-electron chi connectivity index (χ4n) is 1.99. The van der Waals surface area contributed by atoms with Gasteiger partial charge < -0.3 is 14.5 Å². The molecule has 0 spiro atoms. The van der Waals surface area contributed by atoms with E-state index in [4.69, 9.17) is 4.74 Å². The Bertz CT molecular complexity index is 741. The molecule has 3 rings (SSSR count). The van der Waals surface area contributed by atoms with Crippen LogP contribution < -0.4 is 10.1 Å². The molecule has 6 heteroatoms. The number of nitrogens with one attached hydrogen (secondary N) is 1. The summed E-state index contributed by atoms with van der Waals surface area (Å²) in [5.74, 6) is 1.59. The Kier molecular flexibility index (Phi) is 3.56. The molecule has 0 bridgehead atoms. The lowest BCUT2D eigenvalue weighted by molar-refractivity contribution is 0.414. The number of methoxy groups -OCH3 is 1. The zero-order valence-corrected chi connectivity index (χ0v) is 12.5. The van der Waals surface area contributed by atoms with Crippen molar-refractivity contribution in [2.24, 2.45) is 0 Å². The smallest absolute Gasteiger partial charge is 0.180 e. The quantitative estimate of drug-likeness (QED) is 0.797. The van der Waals surface area contributed by atoms with E-state index < -0.39 is 0 Å². The highest BCUT2D eigenvalue weighted by Gasteiger charge is 2.06. The first kappa shape index (κ1) is 12.9. The predicted molar refractivity (Wildman–Crippen MR) is 81.0 cm³/mol. The average molecular weight is 333 g/mol. The Morgan fingerprint density at radius 1 is 1.40 bits per heavy atom. The molecule has 0 fully saturated rings. The van der Waals surface area contributed by atoms with Gasteiger partial charge in [0.2, 0.25) is 0 Å². The summed E-state index contributed by atoms with van der Waals surface area (Å²) in [6.07, 6.45) is 5.51. The third-order valence-corrected chi connectivity index (χ3v) is 3.32. The molecule has 102 valence electrons. The maximum absolute atomic E-state index is 5.22. The molecule has 0 atom stereocenters. The second-order valence-electron chi connectivity index (χ2n) is 4.28. The summed E-state index contributed by atoms with van der Waals surface area (Å²) in [4.78, 5) is 8.72. The third-order valence-electron chi connectivity index (χ3n) is 2.94. The Labute approximate surface area is 124 Å². The van der Waals surface area contributed by atoms with Crippen molar-refractivity contribution in [1.29, 1.82) is 0 Å². The van der Waals surface area contributed by atoms with Crippen LogP contribution in [-0.4, -0.2) is 21.5 Å². The van der Waals surface area contributed by atoms with E-state index in [0.29, 0.717) is 6.54 Å². The maximum Gasteiger partial charge on any atom is 0.180 e. The van der Waals surface area contributed by atoms with Crippen LogP contribution in [-0.2, 0) is 6.54 Å². The Hall–Kier alpha value is -2.08. The first-order valence-corrected chi connectivity index (χ1v) is 6.91. The molecule has 0 radical (unpaired) electrons. The molecule has 5 nitrogen and oxygen atoms in total. The highest BCUT2D eigenvalue weighted by Crippen LogP contribution is 2.18. The van der Waals surface area contributed by atoms with Gasteiger partial charge >= 0.3 is 0 Å². The van der Waals surface area contributed by atoms with E-state index in [-0.39, 0.29) is 0 Å². The first-order valence-electron chi connectivity index (χ1n) is 6.12. The van der Waals surface area contributed by atoms with Crippen LogP contribution in [0.2, 0.25) is 0 Å². The molecule has 20 heavy (non-hydrogen) atoms. The van der Waals surface area contributed by atoms with Crippen LogP contribution in [0.15, 0.2) is 47.5 Å². The first-order chi connectivity index (χ1) is 9.76. The number of ether oxygens (including phenoxy) is 1. The minimum atomic E-state index is 0.656. The van der Waals surface area contributed by atoms with Crippen molar-refractivity contribution in [2.75, 3.05) is 12.4 Å². The van der Waals surface area contributed by atoms with Crippen LogP contribution in [0.5, 0.6) is 5.75 Å². The van der Waals surface area contributed by atoms with Gasteiger partial charge in [0.15, 0.2) is 11.5 Å². The fourth-order valence-corrected chi connectivity index (χ4v) is 2.39. The number of hydrogen-bond donors (Lipinski definition) is 1. The minimum Gasteiger partial charge on any atom is -0.497 e. The van der Waals surface area contributed by atoms with Gasteiger partial charge in [-0.1, -0.05) is 12.1 Å².